The van der Waals surface area contributed by atoms with Gasteiger partial charge in [-0.2, -0.15) is 0 Å². The maximum atomic E-state index is 15.3. The van der Waals surface area contributed by atoms with Crippen molar-refractivity contribution in [2.75, 3.05) is 31.6 Å². The van der Waals surface area contributed by atoms with Crippen molar-refractivity contribution in [2.45, 2.75) is 84.0 Å². The smallest absolute Gasteiger partial charge is 0.407 e. The Morgan fingerprint density at radius 1 is 1.20 bits per heavy atom. The molecule has 1 N–H and O–H groups in total. The van der Waals surface area contributed by atoms with Gasteiger partial charge in [0.2, 0.25) is 0 Å². The molecule has 0 unspecified atom stereocenters. The quantitative estimate of drug-likeness (QED) is 0.234. The predicted octanol–water partition coefficient (Wildman–Crippen LogP) is 6.09. The fourth-order valence-corrected chi connectivity index (χ4v) is 6.54. The molecule has 2 atom stereocenters. The second-order valence-corrected chi connectivity index (χ2v) is 19.9. The molecule has 44 heavy (non-hydrogen) atoms. The van der Waals surface area contributed by atoms with Crippen LogP contribution in [0.4, 0.5) is 15.0 Å². The molecule has 0 aliphatic carbocycles. The molecule has 2 amide bonds. The number of carbonyl (C=O) groups excluding carboxylic acids is 2. The van der Waals surface area contributed by atoms with Crippen LogP contribution >= 0.6 is 11.6 Å². The Labute approximate surface area is 263 Å². The largest absolute Gasteiger partial charge is 0.444 e. The summed E-state index contributed by atoms with van der Waals surface area (Å²) in [4.78, 5) is 38.0. The Balaban J connectivity index is 1.42. The van der Waals surface area contributed by atoms with Crippen LogP contribution in [-0.2, 0) is 22.7 Å². The number of anilines is 1. The van der Waals surface area contributed by atoms with Crippen LogP contribution in [0, 0.1) is 0 Å². The summed E-state index contributed by atoms with van der Waals surface area (Å²) in [5.41, 5.74) is 3.53. The number of amides is 2. The summed E-state index contributed by atoms with van der Waals surface area (Å²) >= 11 is 6.91. The summed E-state index contributed by atoms with van der Waals surface area (Å²) in [5, 5.41) is 3.19. The molecule has 4 heterocycles. The zero-order chi connectivity index (χ0) is 32.0. The van der Waals surface area contributed by atoms with Gasteiger partial charge in [-0.25, -0.2) is 19.2 Å². The lowest BCUT2D eigenvalue weighted by Crippen LogP contribution is -2.53. The van der Waals surface area contributed by atoms with Gasteiger partial charge in [-0.1, -0.05) is 37.3 Å². The second kappa shape index (κ2) is 12.3. The fourth-order valence-electron chi connectivity index (χ4n) is 5.46. The Hall–Kier alpha value is -3.22. The average molecular weight is 645 g/mol. The van der Waals surface area contributed by atoms with Gasteiger partial charge in [0.25, 0.3) is 5.91 Å². The highest BCUT2D eigenvalue weighted by molar-refractivity contribution is 6.76. The lowest BCUT2D eigenvalue weighted by molar-refractivity contribution is 0.0463. The lowest BCUT2D eigenvalue weighted by atomic mass is 10.0. The molecule has 13 heteroatoms. The van der Waals surface area contributed by atoms with E-state index in [0.717, 1.165) is 22.7 Å². The number of alkyl halides is 1. The van der Waals surface area contributed by atoms with Gasteiger partial charge in [-0.15, -0.1) is 0 Å². The van der Waals surface area contributed by atoms with Crippen LogP contribution in [-0.4, -0.2) is 84.1 Å². The molecular weight excluding hydrogens is 603 g/mol. The number of fused-ring (bicyclic) bond motifs is 2. The van der Waals surface area contributed by atoms with Crippen LogP contribution in [0.1, 0.15) is 43.1 Å². The number of rotatable bonds is 8. The monoisotopic (exact) mass is 644 g/mol. The van der Waals surface area contributed by atoms with E-state index >= 15 is 4.39 Å². The summed E-state index contributed by atoms with van der Waals surface area (Å²) in [6.45, 7) is 14.1. The van der Waals surface area contributed by atoms with Gasteiger partial charge in [-0.05, 0) is 39.3 Å². The number of aromatic nitrogens is 3. The third-order valence-electron chi connectivity index (χ3n) is 7.85. The highest BCUT2D eigenvalue weighted by atomic mass is 35.5. The van der Waals surface area contributed by atoms with E-state index in [-0.39, 0.29) is 19.2 Å². The molecular formula is C31H42ClFN6O4Si. The first kappa shape index (κ1) is 32.2. The summed E-state index contributed by atoms with van der Waals surface area (Å²) in [5.74, 6) is 0.489. The first-order chi connectivity index (χ1) is 20.6. The zero-order valence-electron chi connectivity index (χ0n) is 26.5. The summed E-state index contributed by atoms with van der Waals surface area (Å²) < 4.78 is 28.6. The zero-order valence-corrected chi connectivity index (χ0v) is 28.3. The minimum Gasteiger partial charge on any atom is -0.444 e. The predicted molar refractivity (Wildman–Crippen MR) is 173 cm³/mol. The first-order valence-corrected chi connectivity index (χ1v) is 19.1. The van der Waals surface area contributed by atoms with Gasteiger partial charge in [0, 0.05) is 63.3 Å². The minimum absolute atomic E-state index is 0.0488. The van der Waals surface area contributed by atoms with E-state index in [1.54, 1.807) is 38.9 Å². The van der Waals surface area contributed by atoms with Gasteiger partial charge in [0.05, 0.1) is 23.8 Å². The van der Waals surface area contributed by atoms with Crippen molar-refractivity contribution in [3.63, 3.8) is 0 Å². The second-order valence-electron chi connectivity index (χ2n) is 13.9. The van der Waals surface area contributed by atoms with Crippen LogP contribution < -0.4 is 10.2 Å². The van der Waals surface area contributed by atoms with E-state index in [1.165, 1.54) is 0 Å². The maximum Gasteiger partial charge on any atom is 0.407 e. The molecule has 1 fully saturated rings. The highest BCUT2D eigenvalue weighted by Gasteiger charge is 2.33. The molecule has 238 valence electrons. The topological polar surface area (TPSA) is 102 Å². The van der Waals surface area contributed by atoms with Crippen LogP contribution in [0.25, 0.3) is 22.3 Å². The molecule has 5 rings (SSSR count). The van der Waals surface area contributed by atoms with Crippen LogP contribution in [0.15, 0.2) is 24.5 Å². The number of nitrogens with zero attached hydrogens (tertiary/aromatic N) is 5. The number of halogens is 2. The molecule has 3 aromatic rings. The molecule has 0 bridgehead atoms. The fraction of sp³-hybridized carbons (Fsp3) is 0.548. The van der Waals surface area contributed by atoms with E-state index < -0.39 is 32.0 Å². The van der Waals surface area contributed by atoms with E-state index in [9.17, 15) is 9.59 Å². The normalized spacial score (nSPS) is 19.1. The average Bonchev–Trinajstić information content (AvgIpc) is 3.43. The number of ether oxygens (including phenoxy) is 2. The van der Waals surface area contributed by atoms with Crippen molar-refractivity contribution in [3.05, 3.63) is 40.7 Å². The molecule has 2 aliphatic rings. The Morgan fingerprint density at radius 2 is 1.93 bits per heavy atom. The van der Waals surface area contributed by atoms with Crippen LogP contribution in [0.5, 0.6) is 0 Å². The number of piperidine rings is 1. The van der Waals surface area contributed by atoms with Gasteiger partial charge < -0.3 is 29.2 Å². The number of hydrogen-bond acceptors (Lipinski definition) is 7. The van der Waals surface area contributed by atoms with Crippen molar-refractivity contribution in [2.24, 2.45) is 0 Å². The summed E-state index contributed by atoms with van der Waals surface area (Å²) in [6, 6.07) is 4.04. The van der Waals surface area contributed by atoms with E-state index in [1.807, 2.05) is 27.8 Å². The standard InChI is InChI=1S/C31H42ClFN6O4Si/c1-31(2,3)43-30(41)35-24-10-11-38(17-23(24)33)25-14-34-27-22(16-39(28(27)36-25)18-42-12-13-44(5,6)7)19-8-9-20-21(26(19)32)15-37(4)29(20)40/h8-9,14,16,23-24H,10-13,15,17-18H2,1-7H3,(H,35,41)/t23-,24+/m1/s1. The molecule has 1 saturated heterocycles. The van der Waals surface area contributed by atoms with Crippen molar-refractivity contribution in [1.29, 1.82) is 0 Å². The highest BCUT2D eigenvalue weighted by Crippen LogP contribution is 2.40. The number of carbonyl (C=O) groups is 2. The Bertz CT molecular complexity index is 1570. The molecule has 0 radical (unpaired) electrons. The van der Waals surface area contributed by atoms with Gasteiger partial charge >= 0.3 is 6.09 Å². The number of hydrogen-bond donors (Lipinski definition) is 1. The maximum absolute atomic E-state index is 15.3. The summed E-state index contributed by atoms with van der Waals surface area (Å²) in [6.07, 6.45) is 2.04. The van der Waals surface area contributed by atoms with Crippen LogP contribution in [0.3, 0.4) is 0 Å². The molecule has 10 nitrogen and oxygen atoms in total. The molecule has 1 aromatic carbocycles. The first-order valence-electron chi connectivity index (χ1n) is 15.0. The third kappa shape index (κ3) is 7.02. The van der Waals surface area contributed by atoms with Crippen LogP contribution in [0.2, 0.25) is 30.7 Å². The van der Waals surface area contributed by atoms with E-state index in [2.05, 4.69) is 25.0 Å². The number of benzene rings is 1. The lowest BCUT2D eigenvalue weighted by Gasteiger charge is -2.35. The molecule has 2 aromatic heterocycles. The molecule has 0 saturated carbocycles. The Kier molecular flexibility index (Phi) is 8.98. The van der Waals surface area contributed by atoms with Gasteiger partial charge in [-0.3, -0.25) is 4.79 Å². The van der Waals surface area contributed by atoms with Gasteiger partial charge in [0.1, 0.15) is 29.8 Å². The summed E-state index contributed by atoms with van der Waals surface area (Å²) in [7, 11) is 0.478. The van der Waals surface area contributed by atoms with Crippen molar-refractivity contribution >= 4 is 48.7 Å². The number of alkyl carbamates (subject to hydrolysis) is 1. The SMILES string of the molecule is CN1Cc2c(ccc(-c3cn(COCC[Si](C)(C)C)c4nc(N5CC[C@H](NC(=O)OC(C)(C)C)[C@H](F)C5)cnc34)c2Cl)C1=O. The van der Waals surface area contributed by atoms with Crippen molar-refractivity contribution in [3.8, 4) is 11.1 Å². The Morgan fingerprint density at radius 3 is 2.61 bits per heavy atom. The molecule has 0 spiro atoms. The van der Waals surface area contributed by atoms with Crippen molar-refractivity contribution < 1.29 is 23.5 Å². The minimum atomic E-state index is -1.31. The van der Waals surface area contributed by atoms with Gasteiger partial charge in [0.15, 0.2) is 5.65 Å². The third-order valence-corrected chi connectivity index (χ3v) is 9.99. The van der Waals surface area contributed by atoms with E-state index in [0.29, 0.717) is 53.7 Å². The van der Waals surface area contributed by atoms with E-state index in [4.69, 9.17) is 31.0 Å². The molecule has 2 aliphatic heterocycles. The number of nitrogens with one attached hydrogen (secondary N) is 1. The van der Waals surface area contributed by atoms with Crippen molar-refractivity contribution in [1.82, 2.24) is 24.8 Å².